The van der Waals surface area contributed by atoms with Gasteiger partial charge in [0.1, 0.15) is 8.80 Å². The van der Waals surface area contributed by atoms with Crippen LogP contribution in [-0.4, -0.2) is 13.8 Å². The second-order valence-corrected chi connectivity index (χ2v) is 5.92. The summed E-state index contributed by atoms with van der Waals surface area (Å²) in [5.41, 5.74) is 1.14. The van der Waals surface area contributed by atoms with Gasteiger partial charge in [0.05, 0.1) is 0 Å². The fourth-order valence-corrected chi connectivity index (χ4v) is 1.77. The first kappa shape index (κ1) is 17.8. The third-order valence-corrected chi connectivity index (χ3v) is 3.08. The van der Waals surface area contributed by atoms with Gasteiger partial charge in [0, 0.05) is 70.7 Å². The molecule has 1 heterocycles. The van der Waals surface area contributed by atoms with Gasteiger partial charge in [0.2, 0.25) is 0 Å². The van der Waals surface area contributed by atoms with Crippen LogP contribution < -0.4 is 5.32 Å². The van der Waals surface area contributed by atoms with E-state index in [0.717, 1.165) is 5.69 Å². The molecule has 3 radical (unpaired) electrons. The number of hydrogen-bond donors (Lipinski definition) is 0. The zero-order chi connectivity index (χ0) is 9.14. The summed E-state index contributed by atoms with van der Waals surface area (Å²) in [4.78, 5) is 4.58. The molecule has 0 unspecified atom stereocenters. The molecule has 1 nitrogen and oxygen atoms in total. The summed E-state index contributed by atoms with van der Waals surface area (Å²) in [5.74, 6) is 1.29. The fourth-order valence-electron chi connectivity index (χ4n) is 0.992. The molecule has 1 aromatic rings. The van der Waals surface area contributed by atoms with Crippen LogP contribution in [0, 0.1) is 5.92 Å². The van der Waals surface area contributed by atoms with Gasteiger partial charge >= 0.3 is 0 Å². The second-order valence-electron chi connectivity index (χ2n) is 3.41. The van der Waals surface area contributed by atoms with Gasteiger partial charge in [-0.25, -0.2) is 0 Å². The average molecular weight is 355 g/mol. The Balaban J connectivity index is 0. The van der Waals surface area contributed by atoms with Gasteiger partial charge in [0.15, 0.2) is 0 Å². The maximum absolute atomic E-state index is 4.58. The zero-order valence-electron chi connectivity index (χ0n) is 9.33. The minimum atomic E-state index is -0.392. The monoisotopic (exact) mass is 355 g/mol. The van der Waals surface area contributed by atoms with Gasteiger partial charge in [-0.3, -0.25) is 4.98 Å². The van der Waals surface area contributed by atoms with Gasteiger partial charge < -0.3 is 0 Å². The second kappa shape index (κ2) is 8.58. The van der Waals surface area contributed by atoms with Crippen LogP contribution in [0.5, 0.6) is 0 Å². The van der Waals surface area contributed by atoms with E-state index >= 15 is 0 Å². The van der Waals surface area contributed by atoms with Crippen molar-refractivity contribution in [1.29, 1.82) is 0 Å². The van der Waals surface area contributed by atoms with Crippen LogP contribution in [0.3, 0.4) is 0 Å². The number of hydrogen-bond acceptors (Lipinski definition) is 1. The Morgan fingerprint density at radius 2 is 1.71 bits per heavy atom. The largest absolute Gasteiger partial charge is 0.297 e. The normalized spacial score (nSPS) is 8.93. The molecule has 1 rings (SSSR count). The minimum Gasteiger partial charge on any atom is -0.297 e. The van der Waals surface area contributed by atoms with Gasteiger partial charge in [-0.1, -0.05) is 24.9 Å². The van der Waals surface area contributed by atoms with Crippen LogP contribution in [0.4, 0.5) is 0 Å². The molecule has 0 aliphatic carbocycles. The Morgan fingerprint density at radius 3 is 2.14 bits per heavy atom. The van der Waals surface area contributed by atoms with Crippen molar-refractivity contribution in [2.75, 3.05) is 0 Å². The molecule has 0 aliphatic heterocycles. The molecule has 0 bridgehead atoms. The van der Waals surface area contributed by atoms with Crippen molar-refractivity contribution in [1.82, 2.24) is 4.98 Å². The van der Waals surface area contributed by atoms with Crippen molar-refractivity contribution in [3.63, 3.8) is 0 Å². The number of rotatable bonds is 2. The van der Waals surface area contributed by atoms with Crippen LogP contribution in [0.1, 0.15) is 19.5 Å². The Kier molecular flexibility index (Phi) is 10.9. The Morgan fingerprint density at radius 1 is 1.14 bits per heavy atom. The quantitative estimate of drug-likeness (QED) is 0.584. The van der Waals surface area contributed by atoms with Crippen molar-refractivity contribution < 1.29 is 65.4 Å². The fraction of sp³-hybridized carbons (Fsp3) is 0.400. The summed E-state index contributed by atoms with van der Waals surface area (Å²) < 4.78 is 0. The van der Waals surface area contributed by atoms with E-state index < -0.39 is 8.80 Å². The molecule has 14 heavy (non-hydrogen) atoms. The summed E-state index contributed by atoms with van der Waals surface area (Å²) in [6, 6.07) is 6.30. The summed E-state index contributed by atoms with van der Waals surface area (Å²) in [5, 5.41) is 1.28. The summed E-state index contributed by atoms with van der Waals surface area (Å²) >= 11 is 0. The third kappa shape index (κ3) is 5.51. The van der Waals surface area contributed by atoms with Crippen LogP contribution >= 0.6 is 0 Å². The molecule has 4 heteroatoms. The first-order chi connectivity index (χ1) is 5.61. The first-order valence-electron chi connectivity index (χ1n) is 4.19. The van der Waals surface area contributed by atoms with Crippen LogP contribution in [0.25, 0.3) is 0 Å². The van der Waals surface area contributed by atoms with E-state index in [1.54, 1.807) is 0 Å². The molecule has 0 fully saturated rings. The standard InChI is InChI=1S/C10H15NSi.2Y/c1-8(2)9-6-5-7-10(11-9)12(3)4;;/h5-7H,1-4H3;;/q-1;;. The molecule has 0 saturated carbocycles. The third-order valence-electron chi connectivity index (χ3n) is 1.77. The molecule has 1 aromatic heterocycles. The summed E-state index contributed by atoms with van der Waals surface area (Å²) in [7, 11) is -0.392. The predicted molar refractivity (Wildman–Crippen MR) is 55.0 cm³/mol. The molecular weight excluding hydrogens is 340 g/mol. The number of nitrogens with zero attached hydrogens (tertiary/aromatic N) is 1. The molecule has 0 aliphatic rings. The zero-order valence-corrected chi connectivity index (χ0v) is 16.0. The van der Waals surface area contributed by atoms with Crippen LogP contribution in [0.2, 0.25) is 13.1 Å². The van der Waals surface area contributed by atoms with Gasteiger partial charge in [0.25, 0.3) is 0 Å². The molecule has 0 N–H and O–H groups in total. The Bertz CT molecular complexity index is 241. The van der Waals surface area contributed by atoms with Crippen molar-refractivity contribution in [3.05, 3.63) is 29.8 Å². The average Bonchev–Trinajstić information content (AvgIpc) is 2.04. The number of aromatic nitrogens is 1. The van der Waals surface area contributed by atoms with Gasteiger partial charge in [-0.05, 0) is 0 Å². The van der Waals surface area contributed by atoms with Crippen molar-refractivity contribution in [2.24, 2.45) is 0 Å². The molecule has 0 saturated heterocycles. The van der Waals surface area contributed by atoms with Crippen LogP contribution in [0.15, 0.2) is 18.2 Å². The predicted octanol–water partition coefficient (Wildman–Crippen LogP) is 2.00. The molecule has 0 spiro atoms. The molecule has 0 aromatic carbocycles. The SMILES string of the molecule is C[C-](C)c1cccc([Si](C)C)n1.[Y].[Y]. The van der Waals surface area contributed by atoms with Crippen molar-refractivity contribution in [3.8, 4) is 0 Å². The topological polar surface area (TPSA) is 12.9 Å². The van der Waals surface area contributed by atoms with Gasteiger partial charge in [-0.15, -0.1) is 19.9 Å². The maximum atomic E-state index is 4.58. The van der Waals surface area contributed by atoms with E-state index in [1.807, 2.05) is 0 Å². The molecule has 71 valence electrons. The van der Waals surface area contributed by atoms with E-state index in [4.69, 9.17) is 0 Å². The van der Waals surface area contributed by atoms with E-state index in [2.05, 4.69) is 50.1 Å². The maximum Gasteiger partial charge on any atom is 0.104 e. The molecule has 0 amide bonds. The minimum absolute atomic E-state index is 0. The number of pyridine rings is 1. The summed E-state index contributed by atoms with van der Waals surface area (Å²) in [6.07, 6.45) is 0. The van der Waals surface area contributed by atoms with E-state index in [-0.39, 0.29) is 65.4 Å². The van der Waals surface area contributed by atoms with E-state index in [0.29, 0.717) is 0 Å². The smallest absolute Gasteiger partial charge is 0.104 e. The summed E-state index contributed by atoms with van der Waals surface area (Å²) in [6.45, 7) is 8.73. The first-order valence-corrected chi connectivity index (χ1v) is 6.69. The Labute approximate surface area is 139 Å². The van der Waals surface area contributed by atoms with Gasteiger partial charge in [-0.2, -0.15) is 12.0 Å². The van der Waals surface area contributed by atoms with Crippen molar-refractivity contribution >= 4 is 14.1 Å². The Hall–Kier alpha value is 1.44. The van der Waals surface area contributed by atoms with E-state index in [1.165, 1.54) is 11.2 Å². The van der Waals surface area contributed by atoms with Crippen LogP contribution in [-0.2, 0) is 65.4 Å². The van der Waals surface area contributed by atoms with Crippen molar-refractivity contribution in [2.45, 2.75) is 26.9 Å². The molecule has 0 atom stereocenters. The van der Waals surface area contributed by atoms with E-state index in [9.17, 15) is 0 Å². The molecular formula is C10H15NSiY2-.